The van der Waals surface area contributed by atoms with Crippen LogP contribution in [0.4, 0.5) is 0 Å². The molecule has 6 heteroatoms. The molecule has 1 rings (SSSR count). The van der Waals surface area contributed by atoms with Crippen LogP contribution in [-0.4, -0.2) is 34.4 Å². The molecule has 0 radical (unpaired) electrons. The van der Waals surface area contributed by atoms with Crippen LogP contribution in [0, 0.1) is 0 Å². The molecule has 0 bridgehead atoms. The molecule has 0 aliphatic rings. The van der Waals surface area contributed by atoms with E-state index < -0.39 is 53.3 Å². The number of methoxy groups -OCH3 is 1. The highest BCUT2D eigenvalue weighted by molar-refractivity contribution is 5.76. The van der Waals surface area contributed by atoms with Gasteiger partial charge in [-0.2, -0.15) is 0 Å². The molecule has 0 fully saturated rings. The van der Waals surface area contributed by atoms with Crippen molar-refractivity contribution in [3.8, 4) is 11.5 Å². The number of hydrogen-bond donors (Lipinski definition) is 4. The second-order valence-corrected chi connectivity index (χ2v) is 2.98. The number of phenolic OH excluding ortho intramolecular Hbond substituents is 2. The lowest BCUT2D eigenvalue weighted by atomic mass is 10.0. The number of rotatable bonds is 3. The summed E-state index contributed by atoms with van der Waals surface area (Å²) in [6.45, 7) is 0. The average Bonchev–Trinajstić information content (AvgIpc) is 2.41. The fourth-order valence-electron chi connectivity index (χ4n) is 0.996. The highest BCUT2D eigenvalue weighted by atomic mass is 16.5. The molecule has 0 spiro atoms. The Labute approximate surface area is 96.1 Å². The molecule has 0 saturated carbocycles. The normalized spacial score (nSPS) is 16.8. The van der Waals surface area contributed by atoms with Crippen molar-refractivity contribution in [2.45, 2.75) is 12.1 Å². The van der Waals surface area contributed by atoms with E-state index in [1.807, 2.05) is 0 Å². The van der Waals surface area contributed by atoms with E-state index in [1.165, 1.54) is 0 Å². The van der Waals surface area contributed by atoms with E-state index in [0.29, 0.717) is 0 Å². The maximum atomic E-state index is 11.2. The number of benzene rings is 1. The average molecular weight is 230 g/mol. The van der Waals surface area contributed by atoms with Crippen molar-refractivity contribution in [1.82, 2.24) is 0 Å². The number of phenols is 2. The Balaban J connectivity index is 3.39. The molecule has 0 aromatic heterocycles. The van der Waals surface area contributed by atoms with Gasteiger partial charge in [-0.1, -0.05) is 6.04 Å². The van der Waals surface area contributed by atoms with Crippen molar-refractivity contribution in [3.63, 3.8) is 0 Å². The molecule has 0 aliphatic heterocycles. The number of aliphatic hydroxyl groups is 1. The van der Waals surface area contributed by atoms with Crippen molar-refractivity contribution in [2.24, 2.45) is 5.73 Å². The first-order chi connectivity index (χ1) is 8.73. The molecule has 0 saturated heterocycles. The Hall–Kier alpha value is -1.79. The lowest BCUT2D eigenvalue weighted by Gasteiger charge is -2.17. The van der Waals surface area contributed by atoms with Gasteiger partial charge in [0.05, 0.1) is 11.2 Å². The highest BCUT2D eigenvalue weighted by Crippen LogP contribution is 2.28. The fourth-order valence-corrected chi connectivity index (χ4v) is 0.996. The van der Waals surface area contributed by atoms with Gasteiger partial charge in [-0.25, -0.2) is 0 Å². The Bertz CT molecular complexity index is 493. The predicted molar refractivity (Wildman–Crippen MR) is 54.7 cm³/mol. The summed E-state index contributed by atoms with van der Waals surface area (Å²) in [5, 5.41) is 28.5. The molecule has 2 unspecified atom stereocenters. The van der Waals surface area contributed by atoms with Gasteiger partial charge < -0.3 is 25.8 Å². The van der Waals surface area contributed by atoms with Crippen LogP contribution in [-0.2, 0) is 9.53 Å². The van der Waals surface area contributed by atoms with Crippen LogP contribution in [0.2, 0.25) is 0 Å². The number of carbonyl (C=O) groups excluding carboxylic acids is 1. The quantitative estimate of drug-likeness (QED) is 0.416. The molecule has 0 amide bonds. The zero-order chi connectivity index (χ0) is 14.9. The van der Waals surface area contributed by atoms with Gasteiger partial charge in [-0.3, -0.25) is 4.79 Å². The second-order valence-electron chi connectivity index (χ2n) is 2.98. The zero-order valence-corrected chi connectivity index (χ0v) is 8.39. The van der Waals surface area contributed by atoms with Crippen LogP contribution >= 0.6 is 0 Å². The number of carbonyl (C=O) groups is 1. The molecule has 1 aromatic carbocycles. The molecule has 6 nitrogen and oxygen atoms in total. The van der Waals surface area contributed by atoms with Crippen molar-refractivity contribution >= 4 is 5.97 Å². The number of aliphatic hydroxyl groups excluding tert-OH is 1. The van der Waals surface area contributed by atoms with Crippen molar-refractivity contribution in [3.05, 3.63) is 23.7 Å². The molecule has 16 heavy (non-hydrogen) atoms. The van der Waals surface area contributed by atoms with Gasteiger partial charge in [-0.05, 0) is 17.6 Å². The smallest absolute Gasteiger partial charge is 0.325 e. The van der Waals surface area contributed by atoms with Crippen LogP contribution in [0.25, 0.3) is 0 Å². The molecular weight excluding hydrogens is 214 g/mol. The van der Waals surface area contributed by atoms with E-state index in [0.717, 1.165) is 7.11 Å². The summed E-state index contributed by atoms with van der Waals surface area (Å²) in [7, 11) is 1.04. The first kappa shape index (κ1) is 8.37. The van der Waals surface area contributed by atoms with Crippen LogP contribution < -0.4 is 5.73 Å². The van der Waals surface area contributed by atoms with Crippen LogP contribution in [0.3, 0.4) is 0 Å². The van der Waals surface area contributed by atoms with E-state index >= 15 is 0 Å². The zero-order valence-electron chi connectivity index (χ0n) is 11.4. The van der Waals surface area contributed by atoms with Crippen molar-refractivity contribution in [2.75, 3.05) is 7.11 Å². The summed E-state index contributed by atoms with van der Waals surface area (Å²) in [6.07, 6.45) is -1.82. The molecule has 0 aliphatic carbocycles. The molecule has 5 N–H and O–H groups in total. The summed E-state index contributed by atoms with van der Waals surface area (Å²) in [6, 6.07) is -3.83. The second kappa shape index (κ2) is 4.82. The summed E-state index contributed by atoms with van der Waals surface area (Å²) in [5.41, 5.74) is 4.85. The van der Waals surface area contributed by atoms with Gasteiger partial charge >= 0.3 is 5.97 Å². The minimum Gasteiger partial charge on any atom is -0.504 e. The van der Waals surface area contributed by atoms with Crippen LogP contribution in [0.1, 0.15) is 15.8 Å². The lowest BCUT2D eigenvalue weighted by Crippen LogP contribution is -2.37. The number of aromatic hydroxyl groups is 2. The lowest BCUT2D eigenvalue weighted by molar-refractivity contribution is -0.145. The largest absolute Gasteiger partial charge is 0.504 e. The third-order valence-electron chi connectivity index (χ3n) is 1.90. The summed E-state index contributed by atoms with van der Waals surface area (Å²) >= 11 is 0. The molecule has 88 valence electrons. The van der Waals surface area contributed by atoms with Gasteiger partial charge in [0, 0.05) is 0 Å². The molecule has 1 aromatic rings. The Kier molecular flexibility index (Phi) is 2.52. The van der Waals surface area contributed by atoms with E-state index in [4.69, 9.17) is 9.85 Å². The Morgan fingerprint density at radius 1 is 1.50 bits per heavy atom. The number of nitrogens with two attached hydrogens (primary N) is 1. The van der Waals surface area contributed by atoms with E-state index in [1.54, 1.807) is 0 Å². The van der Waals surface area contributed by atoms with E-state index in [-0.39, 0.29) is 0 Å². The molecular formula is C10H13NO5. The molecule has 0 heterocycles. The third kappa shape index (κ3) is 2.41. The summed E-state index contributed by atoms with van der Waals surface area (Å²) in [5.74, 6) is -2.89. The third-order valence-corrected chi connectivity index (χ3v) is 1.90. The van der Waals surface area contributed by atoms with Gasteiger partial charge in [0.2, 0.25) is 0 Å². The highest BCUT2D eigenvalue weighted by Gasteiger charge is 2.25. The Morgan fingerprint density at radius 2 is 2.12 bits per heavy atom. The van der Waals surface area contributed by atoms with Gasteiger partial charge in [0.25, 0.3) is 0 Å². The number of hydrogen-bond acceptors (Lipinski definition) is 6. The minimum absolute atomic E-state index is 0.529. The van der Waals surface area contributed by atoms with Crippen LogP contribution in [0.15, 0.2) is 18.1 Å². The fraction of sp³-hybridized carbons (Fsp3) is 0.300. The van der Waals surface area contributed by atoms with Crippen molar-refractivity contribution in [1.29, 1.82) is 0 Å². The van der Waals surface area contributed by atoms with E-state index in [9.17, 15) is 20.1 Å². The van der Waals surface area contributed by atoms with Crippen LogP contribution in [0.5, 0.6) is 11.5 Å². The van der Waals surface area contributed by atoms with Crippen molar-refractivity contribution < 1.29 is 29.0 Å². The standard InChI is InChI=1S/C10H13NO5/c1-16-10(15)8(11)9(14)5-2-3-6(12)7(13)4-5/h2-4,8-9,12-14H,11H2,1H3/i2D,3D,4D. The maximum Gasteiger partial charge on any atom is 0.325 e. The minimum atomic E-state index is -1.82. The monoisotopic (exact) mass is 230 g/mol. The number of esters is 1. The SMILES string of the molecule is [2H]c1c([2H])c(C(O)C(N)C(=O)OC)c([2H])c(O)c1O. The van der Waals surface area contributed by atoms with Gasteiger partial charge in [-0.15, -0.1) is 0 Å². The summed E-state index contributed by atoms with van der Waals surface area (Å²) < 4.78 is 26.7. The number of ether oxygens (including phenoxy) is 1. The molecule has 2 atom stereocenters. The first-order valence-electron chi connectivity index (χ1n) is 5.77. The predicted octanol–water partition coefficient (Wildman–Crippen LogP) is -0.369. The summed E-state index contributed by atoms with van der Waals surface area (Å²) in [4.78, 5) is 11.2. The topological polar surface area (TPSA) is 113 Å². The van der Waals surface area contributed by atoms with Gasteiger partial charge in [0.1, 0.15) is 12.1 Å². The van der Waals surface area contributed by atoms with E-state index in [2.05, 4.69) is 4.74 Å². The first-order valence-corrected chi connectivity index (χ1v) is 4.27. The maximum absolute atomic E-state index is 11.2. The van der Waals surface area contributed by atoms with Gasteiger partial charge in [0.15, 0.2) is 11.5 Å². The Morgan fingerprint density at radius 3 is 2.69 bits per heavy atom.